The first-order valence-corrected chi connectivity index (χ1v) is 9.29. The number of rotatable bonds is 0. The predicted octanol–water partition coefficient (Wildman–Crippen LogP) is 6.68. The Morgan fingerprint density at radius 1 is 0.462 bits per heavy atom. The van der Waals surface area contributed by atoms with Crippen LogP contribution in [-0.4, -0.2) is 0 Å². The highest BCUT2D eigenvalue weighted by Crippen LogP contribution is 2.62. The van der Waals surface area contributed by atoms with Crippen molar-refractivity contribution in [3.8, 4) is 22.3 Å². The second-order valence-electron chi connectivity index (χ2n) is 7.08. The lowest BCUT2D eigenvalue weighted by Gasteiger charge is -2.30. The summed E-state index contributed by atoms with van der Waals surface area (Å²) in [4.78, 5) is 0. The minimum atomic E-state index is -0.246. The van der Waals surface area contributed by atoms with Crippen molar-refractivity contribution in [3.63, 3.8) is 0 Å². The summed E-state index contributed by atoms with van der Waals surface area (Å²) >= 11 is 6.39. The van der Waals surface area contributed by atoms with E-state index in [0.717, 1.165) is 5.02 Å². The summed E-state index contributed by atoms with van der Waals surface area (Å²) in [6.07, 6.45) is 0. The molecule has 0 N–H and O–H groups in total. The summed E-state index contributed by atoms with van der Waals surface area (Å²) in [5.41, 5.74) is 10.4. The van der Waals surface area contributed by atoms with Gasteiger partial charge in [-0.3, -0.25) is 0 Å². The Labute approximate surface area is 157 Å². The van der Waals surface area contributed by atoms with Crippen LogP contribution < -0.4 is 0 Å². The lowest BCUT2D eigenvalue weighted by atomic mass is 9.70. The molecule has 0 unspecified atom stereocenters. The fourth-order valence-corrected chi connectivity index (χ4v) is 5.24. The van der Waals surface area contributed by atoms with Crippen LogP contribution in [0.15, 0.2) is 91.0 Å². The van der Waals surface area contributed by atoms with E-state index in [9.17, 15) is 0 Å². The average molecular weight is 351 g/mol. The average Bonchev–Trinajstić information content (AvgIpc) is 3.15. The van der Waals surface area contributed by atoms with Crippen LogP contribution >= 0.6 is 11.6 Å². The fraction of sp³-hybridized carbons (Fsp3) is 0.0400. The molecule has 6 rings (SSSR count). The molecule has 2 aliphatic rings. The van der Waals surface area contributed by atoms with E-state index in [-0.39, 0.29) is 5.41 Å². The van der Waals surface area contributed by atoms with Gasteiger partial charge >= 0.3 is 0 Å². The van der Waals surface area contributed by atoms with E-state index in [4.69, 9.17) is 11.6 Å². The molecule has 0 atom stereocenters. The summed E-state index contributed by atoms with van der Waals surface area (Å²) in [6, 6.07) is 32.8. The Morgan fingerprint density at radius 3 is 1.42 bits per heavy atom. The largest absolute Gasteiger partial charge is 0.0843 e. The van der Waals surface area contributed by atoms with Gasteiger partial charge in [-0.2, -0.15) is 0 Å². The van der Waals surface area contributed by atoms with E-state index >= 15 is 0 Å². The molecule has 0 amide bonds. The van der Waals surface area contributed by atoms with Gasteiger partial charge in [0.05, 0.1) is 5.41 Å². The maximum absolute atomic E-state index is 6.39. The van der Waals surface area contributed by atoms with Crippen LogP contribution in [0.1, 0.15) is 22.3 Å². The zero-order valence-corrected chi connectivity index (χ0v) is 14.8. The molecule has 2 aliphatic carbocycles. The zero-order valence-electron chi connectivity index (χ0n) is 14.0. The normalized spacial score (nSPS) is 14.7. The van der Waals surface area contributed by atoms with E-state index in [2.05, 4.69) is 84.9 Å². The molecule has 0 aliphatic heterocycles. The summed E-state index contributed by atoms with van der Waals surface area (Å²) in [6.45, 7) is 0. The zero-order chi connectivity index (χ0) is 17.3. The van der Waals surface area contributed by atoms with Gasteiger partial charge < -0.3 is 0 Å². The summed E-state index contributed by atoms with van der Waals surface area (Å²) in [5, 5.41) is 0.787. The second-order valence-corrected chi connectivity index (χ2v) is 7.51. The molecule has 0 radical (unpaired) electrons. The van der Waals surface area contributed by atoms with Crippen LogP contribution in [0.4, 0.5) is 0 Å². The number of hydrogen-bond donors (Lipinski definition) is 0. The van der Waals surface area contributed by atoms with Gasteiger partial charge in [0, 0.05) is 5.02 Å². The lowest BCUT2D eigenvalue weighted by molar-refractivity contribution is 0.794. The highest BCUT2D eigenvalue weighted by molar-refractivity contribution is 6.31. The Balaban J connectivity index is 1.87. The molecule has 0 fully saturated rings. The van der Waals surface area contributed by atoms with Gasteiger partial charge in [-0.1, -0.05) is 90.5 Å². The highest BCUT2D eigenvalue weighted by atomic mass is 35.5. The molecule has 4 aromatic carbocycles. The first-order valence-electron chi connectivity index (χ1n) is 8.91. The minimum Gasteiger partial charge on any atom is -0.0843 e. The van der Waals surface area contributed by atoms with Crippen molar-refractivity contribution in [2.45, 2.75) is 5.41 Å². The third kappa shape index (κ3) is 1.52. The number of halogens is 1. The van der Waals surface area contributed by atoms with Crippen LogP contribution in [-0.2, 0) is 5.41 Å². The van der Waals surface area contributed by atoms with Gasteiger partial charge in [0.1, 0.15) is 0 Å². The predicted molar refractivity (Wildman–Crippen MR) is 108 cm³/mol. The summed E-state index contributed by atoms with van der Waals surface area (Å²) < 4.78 is 0. The number of benzene rings is 4. The molecule has 1 heteroatoms. The van der Waals surface area contributed by atoms with E-state index < -0.39 is 0 Å². The SMILES string of the molecule is Clc1ccc2c(c1)-c1ccccc1C21c2ccccc2-c2ccccc21. The first kappa shape index (κ1) is 14.4. The molecular weight excluding hydrogens is 336 g/mol. The van der Waals surface area contributed by atoms with Gasteiger partial charge in [0.25, 0.3) is 0 Å². The van der Waals surface area contributed by atoms with Crippen molar-refractivity contribution >= 4 is 11.6 Å². The van der Waals surface area contributed by atoms with E-state index in [1.54, 1.807) is 0 Å². The summed E-state index contributed by atoms with van der Waals surface area (Å²) in [7, 11) is 0. The van der Waals surface area contributed by atoms with Crippen molar-refractivity contribution in [2.75, 3.05) is 0 Å². The molecule has 0 saturated carbocycles. The minimum absolute atomic E-state index is 0.246. The van der Waals surface area contributed by atoms with Crippen LogP contribution in [0.25, 0.3) is 22.3 Å². The quantitative estimate of drug-likeness (QED) is 0.286. The maximum Gasteiger partial charge on any atom is 0.0725 e. The van der Waals surface area contributed by atoms with Gasteiger partial charge in [0.2, 0.25) is 0 Å². The number of fused-ring (bicyclic) bond motifs is 10. The lowest BCUT2D eigenvalue weighted by Crippen LogP contribution is -2.25. The standard InChI is InChI=1S/C25H15Cl/c26-16-13-14-24-20(15-16)19-9-3-6-12-23(19)25(24)21-10-4-1-7-17(21)18-8-2-5-11-22(18)25/h1-15H. The monoisotopic (exact) mass is 350 g/mol. The van der Waals surface area contributed by atoms with E-state index in [1.807, 2.05) is 6.07 Å². The Hall–Kier alpha value is -2.83. The molecule has 4 aromatic rings. The first-order chi connectivity index (χ1) is 12.8. The van der Waals surface area contributed by atoms with E-state index in [1.165, 1.54) is 44.5 Å². The molecule has 26 heavy (non-hydrogen) atoms. The van der Waals surface area contributed by atoms with Crippen LogP contribution in [0, 0.1) is 0 Å². The Bertz CT molecular complexity index is 1160. The van der Waals surface area contributed by atoms with Crippen molar-refractivity contribution in [3.05, 3.63) is 118 Å². The molecule has 0 saturated heterocycles. The van der Waals surface area contributed by atoms with Gasteiger partial charge in [-0.05, 0) is 56.6 Å². The molecule has 0 heterocycles. The molecule has 0 aromatic heterocycles. The van der Waals surface area contributed by atoms with Gasteiger partial charge in [-0.25, -0.2) is 0 Å². The smallest absolute Gasteiger partial charge is 0.0725 e. The van der Waals surface area contributed by atoms with Crippen LogP contribution in [0.5, 0.6) is 0 Å². The Morgan fingerprint density at radius 2 is 0.885 bits per heavy atom. The van der Waals surface area contributed by atoms with Gasteiger partial charge in [-0.15, -0.1) is 0 Å². The third-order valence-corrected chi connectivity index (χ3v) is 6.19. The number of hydrogen-bond acceptors (Lipinski definition) is 0. The second kappa shape index (κ2) is 4.87. The van der Waals surface area contributed by atoms with Crippen LogP contribution in [0.2, 0.25) is 5.02 Å². The van der Waals surface area contributed by atoms with Crippen molar-refractivity contribution in [1.29, 1.82) is 0 Å². The highest BCUT2D eigenvalue weighted by Gasteiger charge is 2.51. The summed E-state index contributed by atoms with van der Waals surface area (Å²) in [5.74, 6) is 0. The Kier molecular flexibility index (Phi) is 2.69. The topological polar surface area (TPSA) is 0 Å². The molecule has 0 bridgehead atoms. The molecule has 0 nitrogen and oxygen atoms in total. The fourth-order valence-electron chi connectivity index (χ4n) is 5.07. The molecule has 122 valence electrons. The van der Waals surface area contributed by atoms with E-state index in [0.29, 0.717) is 0 Å². The molecular formula is C25H15Cl. The van der Waals surface area contributed by atoms with Crippen molar-refractivity contribution < 1.29 is 0 Å². The van der Waals surface area contributed by atoms with Gasteiger partial charge in [0.15, 0.2) is 0 Å². The third-order valence-electron chi connectivity index (χ3n) is 5.96. The molecule has 1 spiro atoms. The van der Waals surface area contributed by atoms with Crippen molar-refractivity contribution in [1.82, 2.24) is 0 Å². The van der Waals surface area contributed by atoms with Crippen LogP contribution in [0.3, 0.4) is 0 Å². The maximum atomic E-state index is 6.39. The van der Waals surface area contributed by atoms with Crippen molar-refractivity contribution in [2.24, 2.45) is 0 Å².